The Balaban J connectivity index is 2.00. The Morgan fingerprint density at radius 2 is 1.57 bits per heavy atom. The van der Waals surface area contributed by atoms with Crippen molar-refractivity contribution in [3.63, 3.8) is 0 Å². The summed E-state index contributed by atoms with van der Waals surface area (Å²) in [5, 5.41) is 6.13. The highest BCUT2D eigenvalue weighted by Crippen LogP contribution is 2.27. The zero-order valence-corrected chi connectivity index (χ0v) is 17.9. The molecule has 150 valence electrons. The number of anilines is 2. The molecular weight excluding hydrogens is 374 g/mol. The summed E-state index contributed by atoms with van der Waals surface area (Å²) in [5.41, 5.74) is 4.55. The van der Waals surface area contributed by atoms with Gasteiger partial charge in [0.05, 0.1) is 5.69 Å². The van der Waals surface area contributed by atoms with Crippen molar-refractivity contribution in [3.8, 4) is 0 Å². The molecule has 2 amide bonds. The number of rotatable bonds is 8. The van der Waals surface area contributed by atoms with Crippen molar-refractivity contribution in [2.75, 3.05) is 10.6 Å². The molecule has 0 fully saturated rings. The van der Waals surface area contributed by atoms with Gasteiger partial charge in [-0.05, 0) is 58.6 Å². The van der Waals surface area contributed by atoms with Crippen molar-refractivity contribution in [1.82, 2.24) is 4.98 Å². The van der Waals surface area contributed by atoms with Crippen LogP contribution in [0.4, 0.5) is 10.8 Å². The summed E-state index contributed by atoms with van der Waals surface area (Å²) < 4.78 is 0. The van der Waals surface area contributed by atoms with Gasteiger partial charge < -0.3 is 15.4 Å². The van der Waals surface area contributed by atoms with Gasteiger partial charge in [-0.3, -0.25) is 9.59 Å². The third-order valence-corrected chi connectivity index (χ3v) is 5.42. The molecule has 2 rings (SSSR count). The van der Waals surface area contributed by atoms with Crippen molar-refractivity contribution in [1.29, 1.82) is 0 Å². The molecule has 1 heterocycles. The highest BCUT2D eigenvalue weighted by molar-refractivity contribution is 7.17. The lowest BCUT2D eigenvalue weighted by molar-refractivity contribution is -0.118. The minimum absolute atomic E-state index is 0.130. The highest BCUT2D eigenvalue weighted by Gasteiger charge is 2.18. The van der Waals surface area contributed by atoms with Crippen LogP contribution in [-0.4, -0.2) is 22.6 Å². The number of thiazole rings is 1. The van der Waals surface area contributed by atoms with Gasteiger partial charge in [0.1, 0.15) is 10.7 Å². The van der Waals surface area contributed by atoms with E-state index in [1.54, 1.807) is 13.8 Å². The Morgan fingerprint density at radius 3 is 2.18 bits per heavy atom. The van der Waals surface area contributed by atoms with Gasteiger partial charge in [0.2, 0.25) is 5.91 Å². The molecule has 2 N–H and O–H groups in total. The maximum atomic E-state index is 12.7. The van der Waals surface area contributed by atoms with Gasteiger partial charge in [-0.15, -0.1) is 0 Å². The van der Waals surface area contributed by atoms with E-state index in [1.165, 1.54) is 0 Å². The van der Waals surface area contributed by atoms with Crippen LogP contribution in [0.25, 0.3) is 0 Å². The molecule has 1 aromatic heterocycles. The minimum atomic E-state index is -0.230. The number of unbranched alkanes of at least 4 members (excludes halogenated alkanes) is 1. The van der Waals surface area contributed by atoms with Gasteiger partial charge in [0.25, 0.3) is 5.91 Å². The van der Waals surface area contributed by atoms with Crippen molar-refractivity contribution in [2.45, 2.75) is 60.3 Å². The quantitative estimate of drug-likeness (QED) is 0.627. The van der Waals surface area contributed by atoms with Crippen LogP contribution in [0.3, 0.4) is 0 Å². The van der Waals surface area contributed by atoms with E-state index in [2.05, 4.69) is 15.6 Å². The molecule has 7 heteroatoms. The topological polar surface area (TPSA) is 88.2 Å². The molecule has 2 aromatic rings. The second kappa shape index (κ2) is 9.59. The molecule has 0 saturated heterocycles. The largest absolute Gasteiger partial charge is 0.321 e. The predicted octanol–water partition coefficient (Wildman–Crippen LogP) is 4.72. The van der Waals surface area contributed by atoms with Crippen LogP contribution < -0.4 is 10.6 Å². The standard InChI is InChI=1S/C21H27N3O3S/c1-12-10-13(2)18(14(3)11-12)24-20(27)19-16(5)22-21(28-19)23-17(26)9-7-6-8-15(4)25/h10-11H,6-9H2,1-5H3,(H,24,27)(H,22,23,26). The number of ketones is 1. The summed E-state index contributed by atoms with van der Waals surface area (Å²) in [6.07, 6.45) is 2.17. The number of hydrogen-bond acceptors (Lipinski definition) is 5. The molecule has 0 aliphatic heterocycles. The first-order chi connectivity index (χ1) is 13.2. The van der Waals surface area contributed by atoms with Crippen LogP contribution in [0.2, 0.25) is 0 Å². The molecule has 0 unspecified atom stereocenters. The Labute approximate surface area is 169 Å². The maximum Gasteiger partial charge on any atom is 0.267 e. The number of nitrogens with zero attached hydrogens (tertiary/aromatic N) is 1. The zero-order chi connectivity index (χ0) is 20.8. The molecule has 0 bridgehead atoms. The normalized spacial score (nSPS) is 10.6. The first kappa shape index (κ1) is 21.8. The number of aryl methyl sites for hydroxylation is 4. The van der Waals surface area contributed by atoms with Gasteiger partial charge in [0.15, 0.2) is 5.13 Å². The fourth-order valence-corrected chi connectivity index (χ4v) is 3.93. The van der Waals surface area contributed by atoms with Crippen molar-refractivity contribution < 1.29 is 14.4 Å². The van der Waals surface area contributed by atoms with Gasteiger partial charge in [-0.2, -0.15) is 0 Å². The molecule has 28 heavy (non-hydrogen) atoms. The van der Waals surface area contributed by atoms with E-state index in [-0.39, 0.29) is 17.6 Å². The summed E-state index contributed by atoms with van der Waals surface area (Å²) >= 11 is 1.16. The van der Waals surface area contributed by atoms with E-state index < -0.39 is 0 Å². The maximum absolute atomic E-state index is 12.7. The fraction of sp³-hybridized carbons (Fsp3) is 0.429. The summed E-state index contributed by atoms with van der Waals surface area (Å²) in [5.74, 6) is -0.257. The van der Waals surface area contributed by atoms with E-state index in [9.17, 15) is 14.4 Å². The number of benzene rings is 1. The van der Waals surface area contributed by atoms with Crippen molar-refractivity contribution >= 4 is 39.8 Å². The minimum Gasteiger partial charge on any atom is -0.321 e. The van der Waals surface area contributed by atoms with Gasteiger partial charge >= 0.3 is 0 Å². The summed E-state index contributed by atoms with van der Waals surface area (Å²) in [7, 11) is 0. The van der Waals surface area contributed by atoms with Gasteiger partial charge in [-0.25, -0.2) is 4.98 Å². The number of hydrogen-bond donors (Lipinski definition) is 2. The Hall–Kier alpha value is -2.54. The highest BCUT2D eigenvalue weighted by atomic mass is 32.1. The lowest BCUT2D eigenvalue weighted by Gasteiger charge is -2.12. The van der Waals surface area contributed by atoms with Crippen LogP contribution in [0.5, 0.6) is 0 Å². The van der Waals surface area contributed by atoms with Crippen molar-refractivity contribution in [2.24, 2.45) is 0 Å². The lowest BCUT2D eigenvalue weighted by Crippen LogP contribution is -2.13. The molecule has 6 nitrogen and oxygen atoms in total. The van der Waals surface area contributed by atoms with Gasteiger partial charge in [0, 0.05) is 18.5 Å². The van der Waals surface area contributed by atoms with Crippen molar-refractivity contribution in [3.05, 3.63) is 39.4 Å². The summed E-state index contributed by atoms with van der Waals surface area (Å²) in [4.78, 5) is 40.4. The third kappa shape index (κ3) is 5.99. The molecule has 0 aliphatic carbocycles. The molecule has 0 saturated carbocycles. The van der Waals surface area contributed by atoms with E-state index >= 15 is 0 Å². The average molecular weight is 402 g/mol. The first-order valence-corrected chi connectivity index (χ1v) is 10.1. The van der Waals surface area contributed by atoms with E-state index in [4.69, 9.17) is 0 Å². The predicted molar refractivity (Wildman–Crippen MR) is 113 cm³/mol. The second-order valence-electron chi connectivity index (χ2n) is 7.12. The second-order valence-corrected chi connectivity index (χ2v) is 8.12. The fourth-order valence-electron chi connectivity index (χ4n) is 3.05. The number of Topliss-reactive ketones (excluding diaryl/α,β-unsaturated/α-hetero) is 1. The molecule has 0 atom stereocenters. The number of amides is 2. The van der Waals surface area contributed by atoms with E-state index in [1.807, 2.05) is 32.9 Å². The Morgan fingerprint density at radius 1 is 0.964 bits per heavy atom. The number of nitrogens with one attached hydrogen (secondary N) is 2. The monoisotopic (exact) mass is 401 g/mol. The lowest BCUT2D eigenvalue weighted by atomic mass is 10.1. The SMILES string of the molecule is CC(=O)CCCCC(=O)Nc1nc(C)c(C(=O)Nc2c(C)cc(C)cc2C)s1. The number of carbonyl (C=O) groups excluding carboxylic acids is 3. The first-order valence-electron chi connectivity index (χ1n) is 9.33. The van der Waals surface area contributed by atoms with E-state index in [0.29, 0.717) is 41.4 Å². The van der Waals surface area contributed by atoms with E-state index in [0.717, 1.165) is 33.7 Å². The Bertz CT molecular complexity index is 879. The molecular formula is C21H27N3O3S. The number of aromatic nitrogens is 1. The van der Waals surface area contributed by atoms with Crippen LogP contribution in [0.15, 0.2) is 12.1 Å². The van der Waals surface area contributed by atoms with Crippen LogP contribution >= 0.6 is 11.3 Å². The average Bonchev–Trinajstić information content (AvgIpc) is 2.95. The molecule has 0 aliphatic rings. The third-order valence-electron chi connectivity index (χ3n) is 4.35. The summed E-state index contributed by atoms with van der Waals surface area (Å²) in [6, 6.07) is 4.06. The summed E-state index contributed by atoms with van der Waals surface area (Å²) in [6.45, 7) is 9.25. The Kier molecular flexibility index (Phi) is 7.45. The smallest absolute Gasteiger partial charge is 0.267 e. The van der Waals surface area contributed by atoms with Gasteiger partial charge in [-0.1, -0.05) is 29.0 Å². The molecule has 0 radical (unpaired) electrons. The number of carbonyl (C=O) groups is 3. The van der Waals surface area contributed by atoms with Crippen LogP contribution in [0, 0.1) is 27.7 Å². The molecule has 0 spiro atoms. The van der Waals surface area contributed by atoms with Crippen LogP contribution in [-0.2, 0) is 9.59 Å². The zero-order valence-electron chi connectivity index (χ0n) is 17.1. The van der Waals surface area contributed by atoms with Crippen LogP contribution in [0.1, 0.15) is 64.7 Å². The molecule has 1 aromatic carbocycles.